The topological polar surface area (TPSA) is 95.7 Å². The fourth-order valence-corrected chi connectivity index (χ4v) is 10.5. The van der Waals surface area contributed by atoms with Crippen molar-refractivity contribution < 1.29 is 23.9 Å². The number of hydrogen-bond donors (Lipinski definition) is 3. The van der Waals surface area contributed by atoms with E-state index in [4.69, 9.17) is 23.9 Å². The largest absolute Gasteiger partial charge is 0.496 e. The molecule has 11 nitrogen and oxygen atoms in total. The van der Waals surface area contributed by atoms with Gasteiger partial charge >= 0.3 is 6.29 Å². The van der Waals surface area contributed by atoms with Gasteiger partial charge in [0.15, 0.2) is 5.54 Å². The number of aromatic amines is 1. The highest BCUT2D eigenvalue weighted by atomic mass is 32.2. The van der Waals surface area contributed by atoms with Crippen LogP contribution < -0.4 is 10.7 Å². The van der Waals surface area contributed by atoms with Crippen LogP contribution in [-0.4, -0.2) is 86.6 Å². The van der Waals surface area contributed by atoms with Crippen LogP contribution in [0.3, 0.4) is 0 Å². The lowest BCUT2D eigenvalue weighted by atomic mass is 9.61. The molecule has 42 heavy (non-hydrogen) atoms. The molecule has 0 aliphatic carbocycles. The molecule has 3 N–H and O–H groups in total. The Labute approximate surface area is 254 Å². The minimum absolute atomic E-state index is 0.0583. The van der Waals surface area contributed by atoms with Gasteiger partial charge in [0.2, 0.25) is 5.76 Å². The second-order valence-electron chi connectivity index (χ2n) is 11.3. The van der Waals surface area contributed by atoms with Gasteiger partial charge in [-0.1, -0.05) is 0 Å². The van der Waals surface area contributed by atoms with Crippen LogP contribution in [0.4, 0.5) is 0 Å². The Morgan fingerprint density at radius 1 is 1.00 bits per heavy atom. The van der Waals surface area contributed by atoms with Gasteiger partial charge < -0.3 is 34.8 Å². The minimum Gasteiger partial charge on any atom is -0.496 e. The minimum atomic E-state index is -0.868. The van der Waals surface area contributed by atoms with Crippen LogP contribution in [0, 0.1) is 0 Å². The summed E-state index contributed by atoms with van der Waals surface area (Å²) in [6.45, 7) is 2.94. The van der Waals surface area contributed by atoms with Crippen molar-refractivity contribution in [2.45, 2.75) is 66.2 Å². The molecule has 1 aromatic heterocycles. The molecule has 0 saturated carbocycles. The van der Waals surface area contributed by atoms with Crippen LogP contribution in [0.15, 0.2) is 66.8 Å². The second-order valence-corrected chi connectivity index (χ2v) is 13.8. The van der Waals surface area contributed by atoms with Gasteiger partial charge in [-0.2, -0.15) is 16.8 Å². The fourth-order valence-electron chi connectivity index (χ4n) is 7.73. The summed E-state index contributed by atoms with van der Waals surface area (Å²) >= 11 is 3.91. The lowest BCUT2D eigenvalue weighted by Crippen LogP contribution is -2.83. The zero-order chi connectivity index (χ0) is 28.0. The molecule has 5 unspecified atom stereocenters. The number of thioether (sulfide) groups is 2. The lowest BCUT2D eigenvalue weighted by molar-refractivity contribution is -0.399. The highest BCUT2D eigenvalue weighted by Crippen LogP contribution is 2.63. The molecule has 0 amide bonds. The van der Waals surface area contributed by atoms with E-state index in [1.165, 1.54) is 0 Å². The predicted molar refractivity (Wildman–Crippen MR) is 159 cm³/mol. The third kappa shape index (κ3) is 4.01. The number of rotatable bonds is 7. The van der Waals surface area contributed by atoms with Gasteiger partial charge in [-0.25, -0.2) is 0 Å². The number of ether oxygens (including phenoxy) is 3. The van der Waals surface area contributed by atoms with Crippen LogP contribution in [0.1, 0.15) is 37.8 Å². The molecule has 0 aromatic carbocycles. The van der Waals surface area contributed by atoms with Gasteiger partial charge in [-0.3, -0.25) is 4.84 Å². The quantitative estimate of drug-likeness (QED) is 0.420. The number of nitrogens with one attached hydrogen (secondary N) is 3. The highest BCUT2D eigenvalue weighted by molar-refractivity contribution is 8.00. The molecular weight excluding hydrogens is 576 g/mol. The van der Waals surface area contributed by atoms with Gasteiger partial charge in [-0.05, 0) is 67.3 Å². The number of H-pyrrole nitrogens is 1. The van der Waals surface area contributed by atoms with Crippen LogP contribution >= 0.6 is 23.5 Å². The molecule has 7 aliphatic heterocycles. The molecule has 0 radical (unpaired) electrons. The Morgan fingerprint density at radius 3 is 2.62 bits per heavy atom. The first-order chi connectivity index (χ1) is 20.8. The molecular formula is C29H38N6O5S2. The van der Waals surface area contributed by atoms with Gasteiger partial charge in [0.05, 0.1) is 24.8 Å². The molecule has 226 valence electrons. The van der Waals surface area contributed by atoms with Crippen molar-refractivity contribution in [3.05, 3.63) is 72.5 Å². The molecule has 3 saturated heterocycles. The predicted octanol–water partition coefficient (Wildman–Crippen LogP) is 3.43. The van der Waals surface area contributed by atoms with E-state index in [9.17, 15) is 0 Å². The van der Waals surface area contributed by atoms with E-state index < -0.39 is 17.4 Å². The monoisotopic (exact) mass is 614 g/mol. The van der Waals surface area contributed by atoms with E-state index in [0.717, 1.165) is 68.0 Å². The normalized spacial score (nSPS) is 37.7. The van der Waals surface area contributed by atoms with Gasteiger partial charge in [0, 0.05) is 47.8 Å². The summed E-state index contributed by atoms with van der Waals surface area (Å²) in [5.74, 6) is 2.70. The van der Waals surface area contributed by atoms with Gasteiger partial charge in [-0.15, -0.1) is 16.9 Å². The zero-order valence-corrected chi connectivity index (χ0v) is 25.1. The lowest BCUT2D eigenvalue weighted by Gasteiger charge is -2.65. The highest BCUT2D eigenvalue weighted by Gasteiger charge is 2.76. The molecule has 13 heteroatoms. The standard InChI is InChI=1S/C29H38N6O5S2/c1-2-15-36-22(8-1)29(23-9-4-19-41-23)28(21-7-3-10-30-21,33-13-6-16-39-33)24(26-31-12-20-42-26)25(27-37-17-18-38-27)40-35(29)34-14-5-11-32-34/h2-3,5,7,10-11,15,17-18,22-23,26-27,30-32H,1,4,6,8-9,12-14,16,19-20H2. The summed E-state index contributed by atoms with van der Waals surface area (Å²) in [5.41, 5.74) is 3.94. The maximum atomic E-state index is 7.25. The number of allylic oxidation sites excluding steroid dienone is 1. The van der Waals surface area contributed by atoms with Crippen molar-refractivity contribution in [2.24, 2.45) is 0 Å². The number of hydrogen-bond acceptors (Lipinski definition) is 12. The second kappa shape index (κ2) is 11.3. The maximum Gasteiger partial charge on any atom is 0.301 e. The van der Waals surface area contributed by atoms with E-state index in [2.05, 4.69) is 55.4 Å². The van der Waals surface area contributed by atoms with E-state index in [1.54, 1.807) is 12.5 Å². The first kappa shape index (κ1) is 27.3. The smallest absolute Gasteiger partial charge is 0.301 e. The molecule has 5 atom stereocenters. The first-order valence-electron chi connectivity index (χ1n) is 15.0. The van der Waals surface area contributed by atoms with Gasteiger partial charge in [0.1, 0.15) is 24.2 Å². The van der Waals surface area contributed by atoms with Crippen molar-refractivity contribution in [3.63, 3.8) is 0 Å². The van der Waals surface area contributed by atoms with Crippen molar-refractivity contribution in [1.82, 2.24) is 31.1 Å². The number of hydroxylamine groups is 3. The van der Waals surface area contributed by atoms with E-state index in [-0.39, 0.29) is 16.7 Å². The molecule has 3 fully saturated rings. The molecule has 7 aliphatic rings. The van der Waals surface area contributed by atoms with Gasteiger partial charge in [0.25, 0.3) is 0 Å². The van der Waals surface area contributed by atoms with Crippen LogP contribution in [-0.2, 0) is 29.4 Å². The molecule has 1 aromatic rings. The van der Waals surface area contributed by atoms with Crippen LogP contribution in [0.25, 0.3) is 0 Å². The summed E-state index contributed by atoms with van der Waals surface area (Å²) in [6.07, 6.45) is 17.2. The summed E-state index contributed by atoms with van der Waals surface area (Å²) in [4.78, 5) is 17.7. The SMILES string of the molecule is C1=COC(C2(C3CCCS3)N(N3CC=CN3)OC(C3OC=CO3)=C(C3NCCS3)C2(c2ccc[nH]2)N2CCCO2)CC1. The Balaban J connectivity index is 1.49. The summed E-state index contributed by atoms with van der Waals surface area (Å²) < 4.78 is 19.0. The van der Waals surface area contributed by atoms with Crippen molar-refractivity contribution in [1.29, 1.82) is 0 Å². The van der Waals surface area contributed by atoms with E-state index in [0.29, 0.717) is 18.9 Å². The first-order valence-corrected chi connectivity index (χ1v) is 17.1. The van der Waals surface area contributed by atoms with E-state index >= 15 is 0 Å². The molecule has 8 heterocycles. The molecule has 0 spiro atoms. The zero-order valence-electron chi connectivity index (χ0n) is 23.5. The summed E-state index contributed by atoms with van der Waals surface area (Å²) in [6, 6.07) is 4.30. The summed E-state index contributed by atoms with van der Waals surface area (Å²) in [5, 5.41) is 10.3. The third-order valence-corrected chi connectivity index (χ3v) is 11.9. The Bertz CT molecular complexity index is 1230. The Kier molecular flexibility index (Phi) is 7.37. The van der Waals surface area contributed by atoms with Crippen LogP contribution in [0.5, 0.6) is 0 Å². The average molecular weight is 615 g/mol. The van der Waals surface area contributed by atoms with Crippen molar-refractivity contribution >= 4 is 23.5 Å². The summed E-state index contributed by atoms with van der Waals surface area (Å²) in [7, 11) is 0. The van der Waals surface area contributed by atoms with E-state index in [1.807, 2.05) is 42.2 Å². The average Bonchev–Trinajstić information content (AvgIpc) is 3.89. The number of hydrazine groups is 2. The third-order valence-electron chi connectivity index (χ3n) is 9.19. The van der Waals surface area contributed by atoms with Crippen molar-refractivity contribution in [3.8, 4) is 0 Å². The van der Waals surface area contributed by atoms with Crippen LogP contribution in [0.2, 0.25) is 0 Å². The fraction of sp³-hybridized carbons (Fsp3) is 0.586. The Hall–Kier alpha value is -2.26. The van der Waals surface area contributed by atoms with Crippen molar-refractivity contribution in [2.75, 3.05) is 37.7 Å². The number of aromatic nitrogens is 1. The number of nitrogens with zero attached hydrogens (tertiary/aromatic N) is 3. The Morgan fingerprint density at radius 2 is 1.95 bits per heavy atom. The molecule has 8 rings (SSSR count). The molecule has 0 bridgehead atoms. The maximum absolute atomic E-state index is 7.25.